The van der Waals surface area contributed by atoms with Crippen LogP contribution in [0.15, 0.2) is 0 Å². The van der Waals surface area contributed by atoms with E-state index in [4.69, 9.17) is 0 Å². The molecule has 0 N–H and O–H groups in total. The summed E-state index contributed by atoms with van der Waals surface area (Å²) in [6.45, 7) is 0. The molecule has 0 radical (unpaired) electrons. The van der Waals surface area contributed by atoms with Crippen molar-refractivity contribution in [2.24, 2.45) is 0 Å². The third-order valence-corrected chi connectivity index (χ3v) is 2.72. The summed E-state index contributed by atoms with van der Waals surface area (Å²) in [7, 11) is 51.0. The molecule has 0 bridgehead atoms. The van der Waals surface area contributed by atoms with Crippen LogP contribution in [-0.2, 0) is 0 Å². The average molecular weight is 781 g/mol. The van der Waals surface area contributed by atoms with Gasteiger partial charge in [-0.05, 0) is 0 Å². The van der Waals surface area contributed by atoms with Crippen LogP contribution in [0.25, 0.3) is 0 Å². The first-order valence-corrected chi connectivity index (χ1v) is 16.2. The molecule has 318 valence electrons. The second kappa shape index (κ2) is 24.3. The van der Waals surface area contributed by atoms with Crippen molar-refractivity contribution in [3.05, 3.63) is 33.4 Å². The molecule has 18 heteroatoms. The number of hydrogen-bond acceptors (Lipinski definition) is 12. The molecule has 0 amide bonds. The van der Waals surface area contributed by atoms with E-state index >= 15 is 0 Å². The van der Waals surface area contributed by atoms with Crippen LogP contribution in [0.3, 0.4) is 0 Å². The maximum absolute atomic E-state index is 11.0. The first kappa shape index (κ1) is 61.8. The Bertz CT molecular complexity index is 1060. The largest absolute Gasteiger partial charge is 0.545 e. The molecule has 0 spiro atoms. The third-order valence-electron chi connectivity index (χ3n) is 2.72. The topological polar surface area (TPSA) is 241 Å². The molecule has 0 aliphatic heterocycles. The van der Waals surface area contributed by atoms with E-state index in [1.54, 1.807) is 0 Å². The van der Waals surface area contributed by atoms with Crippen molar-refractivity contribution in [3.63, 3.8) is 0 Å². The van der Waals surface area contributed by atoms with Gasteiger partial charge in [-0.1, -0.05) is 0 Å². The van der Waals surface area contributed by atoms with Gasteiger partial charge in [-0.15, -0.1) is 0 Å². The molecule has 1 rings (SSSR count). The number of aromatic carboxylic acids is 6. The zero-order chi connectivity index (χ0) is 45.9. The minimum atomic E-state index is -2.66. The van der Waals surface area contributed by atoms with Gasteiger partial charge >= 0.3 is 0 Å². The molecule has 0 fully saturated rings. The number of carbonyl (C=O) groups is 6. The van der Waals surface area contributed by atoms with Gasteiger partial charge in [-0.3, -0.25) is 0 Å². The van der Waals surface area contributed by atoms with E-state index in [1.165, 1.54) is 0 Å². The van der Waals surface area contributed by atoms with E-state index in [0.717, 1.165) is 26.9 Å². The minimum absolute atomic E-state index is 1.00. The Labute approximate surface area is 324 Å². The van der Waals surface area contributed by atoms with Gasteiger partial charge in [0.1, 0.15) is 0 Å². The lowest BCUT2D eigenvalue weighted by Crippen LogP contribution is -2.44. The molecule has 54 heavy (non-hydrogen) atoms. The lowest BCUT2D eigenvalue weighted by molar-refractivity contribution is -0.849. The fraction of sp³-hybridized carbons (Fsp3) is 0.667. The molecule has 0 aliphatic carbocycles. The number of benzene rings is 1. The van der Waals surface area contributed by atoms with E-state index in [0.29, 0.717) is 0 Å². The van der Waals surface area contributed by atoms with Crippen LogP contribution in [0, 0.1) is 0 Å². The Kier molecular flexibility index (Phi) is 27.8. The Hall–Kier alpha value is -4.20. The summed E-state index contributed by atoms with van der Waals surface area (Å²) in [5.41, 5.74) is -12.0. The van der Waals surface area contributed by atoms with Crippen LogP contribution in [0.5, 0.6) is 0 Å². The lowest BCUT2D eigenvalue weighted by Gasteiger charge is -2.28. The van der Waals surface area contributed by atoms with Crippen LogP contribution >= 0.6 is 0 Å². The quantitative estimate of drug-likeness (QED) is 0.245. The first-order valence-electron chi connectivity index (χ1n) is 16.2. The Balaban J connectivity index is -0.000000155. The average Bonchev–Trinajstić information content (AvgIpc) is 2.74. The number of carboxylic acids is 6. The summed E-state index contributed by atoms with van der Waals surface area (Å²) in [5.74, 6) is -16.0. The predicted molar refractivity (Wildman–Crippen MR) is 196 cm³/mol. The summed E-state index contributed by atoms with van der Waals surface area (Å²) >= 11 is 0. The summed E-state index contributed by atoms with van der Waals surface area (Å²) in [4.78, 5) is 66.0. The number of hydrogen-bond donors (Lipinski definition) is 0. The third kappa shape index (κ3) is 54.6. The fourth-order valence-corrected chi connectivity index (χ4v) is 1.97. The zero-order valence-electron chi connectivity index (χ0n) is 37.6. The maximum atomic E-state index is 11.0. The van der Waals surface area contributed by atoms with Crippen molar-refractivity contribution in [1.82, 2.24) is 0 Å². The van der Waals surface area contributed by atoms with Gasteiger partial charge in [0.2, 0.25) is 0 Å². The molecule has 0 saturated heterocycles. The first-order chi connectivity index (χ1) is 22.9. The van der Waals surface area contributed by atoms with Crippen molar-refractivity contribution in [2.45, 2.75) is 0 Å². The summed E-state index contributed by atoms with van der Waals surface area (Å²) < 4.78 is 6.00. The van der Waals surface area contributed by atoms with Gasteiger partial charge in [0.25, 0.3) is 0 Å². The minimum Gasteiger partial charge on any atom is -0.545 e. The van der Waals surface area contributed by atoms with E-state index in [9.17, 15) is 59.4 Å². The summed E-state index contributed by atoms with van der Waals surface area (Å²) in [6, 6.07) is 0. The molecule has 1 aromatic carbocycles. The number of nitrogens with zero attached hydrogens (tertiary/aromatic N) is 6. The van der Waals surface area contributed by atoms with Gasteiger partial charge in [0.05, 0.1) is 205 Å². The van der Waals surface area contributed by atoms with Gasteiger partial charge in [0, 0.05) is 33.4 Å². The fourth-order valence-electron chi connectivity index (χ4n) is 1.97. The second-order valence-corrected chi connectivity index (χ2v) is 20.1. The maximum Gasteiger partial charge on any atom is 0.0729 e. The molecular formula is C36H72N6O12. The number of rotatable bonds is 6. The molecule has 0 atom stereocenters. The highest BCUT2D eigenvalue weighted by Crippen LogP contribution is 2.27. The SMILES string of the molecule is C[N+](C)(C)C.C[N+](C)(C)C.C[N+](C)(C)C.C[N+](C)(C)C.C[N+](C)(C)C.C[N+](C)(C)C.O=C([O-])c1c(C(=O)[O-])c(C(=O)[O-])c(C(=O)[O-])c(C(=O)[O-])c1C(=O)[O-]. The molecule has 0 unspecified atom stereocenters. The molecule has 0 aliphatic rings. The van der Waals surface area contributed by atoms with Gasteiger partial charge in [-0.25, -0.2) is 0 Å². The smallest absolute Gasteiger partial charge is 0.0729 e. The second-order valence-electron chi connectivity index (χ2n) is 20.1. The van der Waals surface area contributed by atoms with Crippen LogP contribution in [-0.4, -0.2) is 232 Å². The highest BCUT2D eigenvalue weighted by atomic mass is 16.4. The molecule has 0 heterocycles. The lowest BCUT2D eigenvalue weighted by atomic mass is 9.86. The Morgan fingerprint density at radius 1 is 0.222 bits per heavy atom. The van der Waals surface area contributed by atoms with E-state index < -0.39 is 69.2 Å². The van der Waals surface area contributed by atoms with Crippen LogP contribution in [0.4, 0.5) is 0 Å². The summed E-state index contributed by atoms with van der Waals surface area (Å²) in [5, 5.41) is 66.0. The van der Waals surface area contributed by atoms with Crippen LogP contribution < -0.4 is 30.6 Å². The number of quaternary nitrogens is 6. The van der Waals surface area contributed by atoms with Gasteiger partial charge in [-0.2, -0.15) is 0 Å². The van der Waals surface area contributed by atoms with Crippen LogP contribution in [0.1, 0.15) is 62.1 Å². The molecule has 1 aromatic rings. The predicted octanol–water partition coefficient (Wildman–Crippen LogP) is -6.20. The van der Waals surface area contributed by atoms with Crippen molar-refractivity contribution in [3.8, 4) is 0 Å². The van der Waals surface area contributed by atoms with Crippen molar-refractivity contribution in [2.75, 3.05) is 169 Å². The number of carboxylic acid groups (broad SMARTS) is 6. The van der Waals surface area contributed by atoms with Gasteiger partial charge in [0.15, 0.2) is 0 Å². The Morgan fingerprint density at radius 3 is 0.278 bits per heavy atom. The Morgan fingerprint density at radius 2 is 0.259 bits per heavy atom. The zero-order valence-corrected chi connectivity index (χ0v) is 37.6. The normalized spacial score (nSPS) is 11.1. The molecule has 18 nitrogen and oxygen atoms in total. The van der Waals surface area contributed by atoms with E-state index in [1.807, 2.05) is 0 Å². The van der Waals surface area contributed by atoms with Crippen molar-refractivity contribution in [1.29, 1.82) is 0 Å². The number of carbonyl (C=O) groups excluding carboxylic acids is 6. The summed E-state index contributed by atoms with van der Waals surface area (Å²) in [6.07, 6.45) is 0. The highest BCUT2D eigenvalue weighted by molar-refractivity contribution is 6.21. The molecular weight excluding hydrogens is 708 g/mol. The standard InChI is InChI=1S/C12H6O12.6C4H12N/c13-7(14)1-2(8(15)16)4(10(19)20)6(12(23)24)5(11(21)22)3(1)9(17)18;6*1-5(2,3)4/h(H,13,14)(H,15,16)(H,17,18)(H,19,20)(H,21,22)(H,23,24);6*1-4H3/q;6*+1/p-6. The highest BCUT2D eigenvalue weighted by Gasteiger charge is 2.27. The van der Waals surface area contributed by atoms with Crippen molar-refractivity contribution < 1.29 is 86.3 Å². The van der Waals surface area contributed by atoms with Gasteiger partial charge < -0.3 is 86.3 Å². The monoisotopic (exact) mass is 781 g/mol. The molecule has 0 saturated carbocycles. The van der Waals surface area contributed by atoms with Crippen molar-refractivity contribution >= 4 is 35.8 Å². The van der Waals surface area contributed by atoms with E-state index in [-0.39, 0.29) is 0 Å². The van der Waals surface area contributed by atoms with Crippen LogP contribution in [0.2, 0.25) is 0 Å². The molecule has 0 aromatic heterocycles. The van der Waals surface area contributed by atoms with E-state index in [2.05, 4.69) is 169 Å².